The summed E-state index contributed by atoms with van der Waals surface area (Å²) in [6.07, 6.45) is 3.42. The Hall–Kier alpha value is -2.07. The topological polar surface area (TPSA) is 54.3 Å². The fourth-order valence-electron chi connectivity index (χ4n) is 3.64. The van der Waals surface area contributed by atoms with Crippen LogP contribution in [0.15, 0.2) is 40.8 Å². The highest BCUT2D eigenvalue weighted by Crippen LogP contribution is 2.29. The SMILES string of the molecule is Cc1cccc(-c2ccc(C(=O)NC3CC4CCC3N4)o2)c1. The van der Waals surface area contributed by atoms with Crippen molar-refractivity contribution >= 4 is 5.91 Å². The number of aryl methyl sites for hydroxylation is 1. The van der Waals surface area contributed by atoms with Crippen molar-refractivity contribution in [3.05, 3.63) is 47.7 Å². The van der Waals surface area contributed by atoms with Crippen LogP contribution in [0.25, 0.3) is 11.3 Å². The molecule has 0 aliphatic carbocycles. The van der Waals surface area contributed by atoms with Gasteiger partial charge in [0, 0.05) is 23.7 Å². The highest BCUT2D eigenvalue weighted by molar-refractivity contribution is 5.92. The molecule has 2 saturated heterocycles. The second-order valence-electron chi connectivity index (χ2n) is 6.40. The van der Waals surface area contributed by atoms with Crippen LogP contribution in [0.4, 0.5) is 0 Å². The van der Waals surface area contributed by atoms with Crippen LogP contribution in [0.1, 0.15) is 35.4 Å². The smallest absolute Gasteiger partial charge is 0.287 e. The third kappa shape index (κ3) is 2.44. The third-order valence-corrected chi connectivity index (χ3v) is 4.75. The van der Waals surface area contributed by atoms with E-state index in [1.165, 1.54) is 12.0 Å². The van der Waals surface area contributed by atoms with Gasteiger partial charge in [-0.3, -0.25) is 4.79 Å². The summed E-state index contributed by atoms with van der Waals surface area (Å²) in [5, 5.41) is 6.63. The van der Waals surface area contributed by atoms with Crippen molar-refractivity contribution in [2.24, 2.45) is 0 Å². The van der Waals surface area contributed by atoms with Crippen molar-refractivity contribution in [1.29, 1.82) is 0 Å². The van der Waals surface area contributed by atoms with Crippen LogP contribution in [0, 0.1) is 6.92 Å². The molecule has 1 aromatic heterocycles. The summed E-state index contributed by atoms with van der Waals surface area (Å²) in [5.41, 5.74) is 2.17. The highest BCUT2D eigenvalue weighted by Gasteiger charge is 2.39. The molecule has 0 radical (unpaired) electrons. The lowest BCUT2D eigenvalue weighted by Gasteiger charge is -2.20. The zero-order chi connectivity index (χ0) is 15.1. The lowest BCUT2D eigenvalue weighted by atomic mass is 9.95. The van der Waals surface area contributed by atoms with E-state index < -0.39 is 0 Å². The minimum Gasteiger partial charge on any atom is -0.451 e. The predicted octanol–water partition coefficient (Wildman–Crippen LogP) is 2.88. The standard InChI is InChI=1S/C18H20N2O2/c1-11-3-2-4-12(9-11)16-7-8-17(22-16)18(21)20-15-10-13-5-6-14(15)19-13/h2-4,7-9,13-15,19H,5-6,10H2,1H3,(H,20,21). The molecule has 2 aliphatic rings. The van der Waals surface area contributed by atoms with E-state index in [9.17, 15) is 4.79 Å². The summed E-state index contributed by atoms with van der Waals surface area (Å²) < 4.78 is 5.74. The van der Waals surface area contributed by atoms with Crippen LogP contribution in [-0.4, -0.2) is 24.0 Å². The Balaban J connectivity index is 1.48. The number of amides is 1. The molecule has 4 rings (SSSR count). The zero-order valence-electron chi connectivity index (χ0n) is 12.6. The van der Waals surface area contributed by atoms with Crippen molar-refractivity contribution in [3.63, 3.8) is 0 Å². The van der Waals surface area contributed by atoms with Gasteiger partial charge >= 0.3 is 0 Å². The predicted molar refractivity (Wildman–Crippen MR) is 84.7 cm³/mol. The minimum absolute atomic E-state index is 0.113. The van der Waals surface area contributed by atoms with Gasteiger partial charge in [-0.25, -0.2) is 0 Å². The van der Waals surface area contributed by atoms with Crippen LogP contribution in [0.3, 0.4) is 0 Å². The number of carbonyl (C=O) groups excluding carboxylic acids is 1. The number of rotatable bonds is 3. The first kappa shape index (κ1) is 13.6. The maximum atomic E-state index is 12.4. The van der Waals surface area contributed by atoms with Crippen molar-refractivity contribution in [2.45, 2.75) is 44.3 Å². The molecule has 2 N–H and O–H groups in total. The number of furan rings is 1. The average molecular weight is 296 g/mol. The van der Waals surface area contributed by atoms with Crippen molar-refractivity contribution < 1.29 is 9.21 Å². The third-order valence-electron chi connectivity index (χ3n) is 4.75. The van der Waals surface area contributed by atoms with Crippen molar-refractivity contribution in [1.82, 2.24) is 10.6 Å². The fourth-order valence-corrected chi connectivity index (χ4v) is 3.64. The quantitative estimate of drug-likeness (QED) is 0.915. The van der Waals surface area contributed by atoms with Gasteiger partial charge in [0.25, 0.3) is 5.91 Å². The van der Waals surface area contributed by atoms with Gasteiger partial charge in [-0.1, -0.05) is 23.8 Å². The Morgan fingerprint density at radius 1 is 1.27 bits per heavy atom. The molecular weight excluding hydrogens is 276 g/mol. The van der Waals surface area contributed by atoms with Gasteiger partial charge in [0.15, 0.2) is 5.76 Å². The molecule has 2 bridgehead atoms. The zero-order valence-corrected chi connectivity index (χ0v) is 12.6. The first-order chi connectivity index (χ1) is 10.7. The molecule has 2 aromatic rings. The molecule has 114 valence electrons. The van der Waals surface area contributed by atoms with E-state index in [4.69, 9.17) is 4.42 Å². The highest BCUT2D eigenvalue weighted by atomic mass is 16.3. The molecule has 4 heteroatoms. The molecular formula is C18H20N2O2. The molecule has 22 heavy (non-hydrogen) atoms. The summed E-state index contributed by atoms with van der Waals surface area (Å²) in [6, 6.07) is 13.0. The van der Waals surface area contributed by atoms with E-state index in [1.54, 1.807) is 6.07 Å². The van der Waals surface area contributed by atoms with Gasteiger partial charge in [0.1, 0.15) is 5.76 Å². The molecule has 2 aliphatic heterocycles. The molecule has 3 atom stereocenters. The van der Waals surface area contributed by atoms with Gasteiger partial charge in [-0.2, -0.15) is 0 Å². The Morgan fingerprint density at radius 3 is 2.91 bits per heavy atom. The maximum Gasteiger partial charge on any atom is 0.287 e. The van der Waals surface area contributed by atoms with Crippen LogP contribution in [0.5, 0.6) is 0 Å². The van der Waals surface area contributed by atoms with Crippen molar-refractivity contribution in [3.8, 4) is 11.3 Å². The molecule has 0 spiro atoms. The normalized spacial score (nSPS) is 26.3. The first-order valence-corrected chi connectivity index (χ1v) is 7.93. The number of carbonyl (C=O) groups is 1. The molecule has 4 nitrogen and oxygen atoms in total. The van der Waals surface area contributed by atoms with Gasteiger partial charge in [-0.15, -0.1) is 0 Å². The number of hydrogen-bond donors (Lipinski definition) is 2. The Kier molecular flexibility index (Phi) is 3.26. The first-order valence-electron chi connectivity index (χ1n) is 7.93. The molecule has 0 saturated carbocycles. The summed E-state index contributed by atoms with van der Waals surface area (Å²) in [5.74, 6) is 1.01. The van der Waals surface area contributed by atoms with Crippen molar-refractivity contribution in [2.75, 3.05) is 0 Å². The number of hydrogen-bond acceptors (Lipinski definition) is 3. The average Bonchev–Trinajstić information content (AvgIpc) is 3.23. The molecule has 1 aromatic carbocycles. The van der Waals surface area contributed by atoms with E-state index in [0.29, 0.717) is 17.8 Å². The van der Waals surface area contributed by atoms with Gasteiger partial charge < -0.3 is 15.1 Å². The Morgan fingerprint density at radius 2 is 2.18 bits per heavy atom. The van der Waals surface area contributed by atoms with E-state index in [1.807, 2.05) is 31.2 Å². The number of fused-ring (bicyclic) bond motifs is 2. The van der Waals surface area contributed by atoms with Gasteiger partial charge in [-0.05, 0) is 44.4 Å². The van der Waals surface area contributed by atoms with E-state index in [-0.39, 0.29) is 11.9 Å². The molecule has 1 amide bonds. The lowest BCUT2D eigenvalue weighted by Crippen LogP contribution is -2.42. The molecule has 3 heterocycles. The van der Waals surface area contributed by atoms with Crippen LogP contribution in [0.2, 0.25) is 0 Å². The van der Waals surface area contributed by atoms with E-state index in [0.717, 1.165) is 24.2 Å². The molecule has 3 unspecified atom stereocenters. The summed E-state index contributed by atoms with van der Waals surface area (Å²) in [4.78, 5) is 12.4. The second-order valence-corrected chi connectivity index (χ2v) is 6.40. The maximum absolute atomic E-state index is 12.4. The van der Waals surface area contributed by atoms with Crippen LogP contribution in [-0.2, 0) is 0 Å². The summed E-state index contributed by atoms with van der Waals surface area (Å²) in [6.45, 7) is 2.04. The second kappa shape index (κ2) is 5.29. The summed E-state index contributed by atoms with van der Waals surface area (Å²) in [7, 11) is 0. The molecule has 2 fully saturated rings. The lowest BCUT2D eigenvalue weighted by molar-refractivity contribution is 0.0903. The largest absolute Gasteiger partial charge is 0.451 e. The minimum atomic E-state index is -0.113. The van der Waals surface area contributed by atoms with Crippen LogP contribution >= 0.6 is 0 Å². The van der Waals surface area contributed by atoms with E-state index in [2.05, 4.69) is 16.7 Å². The monoisotopic (exact) mass is 296 g/mol. The summed E-state index contributed by atoms with van der Waals surface area (Å²) >= 11 is 0. The van der Waals surface area contributed by atoms with E-state index >= 15 is 0 Å². The number of benzene rings is 1. The number of nitrogens with one attached hydrogen (secondary N) is 2. The Labute approximate surface area is 129 Å². The van der Waals surface area contributed by atoms with Gasteiger partial charge in [0.05, 0.1) is 0 Å². The van der Waals surface area contributed by atoms with Gasteiger partial charge in [0.2, 0.25) is 0 Å². The Bertz CT molecular complexity index is 707. The van der Waals surface area contributed by atoms with Crippen LogP contribution < -0.4 is 10.6 Å². The fraction of sp³-hybridized carbons (Fsp3) is 0.389.